The molecule has 5 nitrogen and oxygen atoms in total. The molecule has 0 fully saturated rings. The van der Waals surface area contributed by atoms with Gasteiger partial charge in [-0.25, -0.2) is 9.97 Å². The molecule has 3 heterocycles. The van der Waals surface area contributed by atoms with E-state index in [9.17, 15) is 0 Å². The second-order valence-electron chi connectivity index (χ2n) is 8.81. The number of hydrogen-bond acceptors (Lipinski definition) is 3. The van der Waals surface area contributed by atoms with E-state index in [1.54, 1.807) is 18.3 Å². The fraction of sp³-hybridized carbons (Fsp3) is 0.185. The molecule has 5 aromatic rings. The summed E-state index contributed by atoms with van der Waals surface area (Å²) in [5, 5.41) is 3.62. The maximum absolute atomic E-state index is 6.68. The quantitative estimate of drug-likeness (QED) is 0.235. The first-order valence-corrected chi connectivity index (χ1v) is 13.0. The van der Waals surface area contributed by atoms with Gasteiger partial charge >= 0.3 is 0 Å². The predicted molar refractivity (Wildman–Crippen MR) is 146 cm³/mol. The van der Waals surface area contributed by atoms with Gasteiger partial charge in [-0.05, 0) is 54.7 Å². The Kier molecular flexibility index (Phi) is 6.34. The Labute approximate surface area is 227 Å². The fourth-order valence-corrected chi connectivity index (χ4v) is 5.99. The maximum atomic E-state index is 6.68. The predicted octanol–water partition coefficient (Wildman–Crippen LogP) is 8.54. The number of H-pyrrole nitrogens is 1. The molecular weight excluding hydrogens is 538 g/mol. The van der Waals surface area contributed by atoms with E-state index in [0.717, 1.165) is 68.2 Å². The van der Waals surface area contributed by atoms with Gasteiger partial charge in [0.15, 0.2) is 0 Å². The number of aromatic amines is 1. The van der Waals surface area contributed by atoms with Gasteiger partial charge < -0.3 is 14.3 Å². The molecule has 1 unspecified atom stereocenters. The van der Waals surface area contributed by atoms with Gasteiger partial charge in [-0.15, -0.1) is 0 Å². The van der Waals surface area contributed by atoms with Crippen LogP contribution in [-0.2, 0) is 13.0 Å². The molecule has 0 bridgehead atoms. The van der Waals surface area contributed by atoms with Crippen molar-refractivity contribution >= 4 is 57.3 Å². The number of benzene rings is 2. The molecule has 1 aliphatic rings. The van der Waals surface area contributed by atoms with Crippen LogP contribution >= 0.6 is 46.4 Å². The largest absolute Gasteiger partial charge is 0.473 e. The van der Waals surface area contributed by atoms with Crippen LogP contribution in [0.1, 0.15) is 35.6 Å². The maximum Gasteiger partial charge on any atom is 0.214 e. The molecule has 0 saturated heterocycles. The highest BCUT2D eigenvalue weighted by Crippen LogP contribution is 2.43. The van der Waals surface area contributed by atoms with Gasteiger partial charge in [-0.2, -0.15) is 0 Å². The molecule has 1 N–H and O–H groups in total. The van der Waals surface area contributed by atoms with E-state index in [2.05, 4.69) is 19.5 Å². The number of halogens is 4. The second kappa shape index (κ2) is 9.64. The number of rotatable bonds is 5. The zero-order chi connectivity index (χ0) is 24.8. The Balaban J connectivity index is 1.36. The fourth-order valence-electron chi connectivity index (χ4n) is 4.96. The van der Waals surface area contributed by atoms with Gasteiger partial charge in [0.25, 0.3) is 0 Å². The Morgan fingerprint density at radius 2 is 1.86 bits per heavy atom. The molecule has 0 aliphatic heterocycles. The van der Waals surface area contributed by atoms with Crippen LogP contribution in [0.5, 0.6) is 5.88 Å². The summed E-state index contributed by atoms with van der Waals surface area (Å²) >= 11 is 25.5. The number of fused-ring (bicyclic) bond motifs is 2. The lowest BCUT2D eigenvalue weighted by Gasteiger charge is -2.29. The van der Waals surface area contributed by atoms with Crippen LogP contribution in [0.15, 0.2) is 61.3 Å². The SMILES string of the molecule is Clc1ccc(COc2cc3c(-c4cncn4C4CCCc5c(Cl)ccc(Cl)c54)c[nH]c3cn2)c(Cl)c1. The molecule has 3 aromatic heterocycles. The number of nitrogens with one attached hydrogen (secondary N) is 1. The van der Waals surface area contributed by atoms with Crippen molar-refractivity contribution in [3.63, 3.8) is 0 Å². The van der Waals surface area contributed by atoms with Crippen LogP contribution in [0.25, 0.3) is 22.2 Å². The van der Waals surface area contributed by atoms with Gasteiger partial charge in [0.2, 0.25) is 5.88 Å². The van der Waals surface area contributed by atoms with Crippen molar-refractivity contribution < 1.29 is 4.74 Å². The van der Waals surface area contributed by atoms with Gasteiger partial charge in [0, 0.05) is 48.9 Å². The molecule has 36 heavy (non-hydrogen) atoms. The Morgan fingerprint density at radius 1 is 1.00 bits per heavy atom. The third-order valence-electron chi connectivity index (χ3n) is 6.69. The summed E-state index contributed by atoms with van der Waals surface area (Å²) in [6.07, 6.45) is 10.4. The molecule has 6 rings (SSSR count). The van der Waals surface area contributed by atoms with Gasteiger partial charge in [0.05, 0.1) is 36.0 Å². The molecule has 1 aliphatic carbocycles. The number of ether oxygens (including phenoxy) is 1. The Hall–Kier alpha value is -2.70. The van der Waals surface area contributed by atoms with Crippen LogP contribution in [0.3, 0.4) is 0 Å². The highest BCUT2D eigenvalue weighted by molar-refractivity contribution is 6.35. The van der Waals surface area contributed by atoms with Crippen molar-refractivity contribution in [2.24, 2.45) is 0 Å². The monoisotopic (exact) mass is 556 g/mol. The standard InChI is InChI=1S/C27H20Cl4N4O/c28-16-5-4-15(22(31)8-16)13-36-26-9-18-19(10-33-23(18)11-34-26)25-12-32-14-35(25)24-3-1-2-17-20(29)6-7-21(30)27(17)24/h4-12,14,24,33H,1-3,13H2. The zero-order valence-corrected chi connectivity index (χ0v) is 22.0. The van der Waals surface area contributed by atoms with Crippen molar-refractivity contribution in [1.29, 1.82) is 0 Å². The molecule has 182 valence electrons. The lowest BCUT2D eigenvalue weighted by atomic mass is 9.87. The molecule has 9 heteroatoms. The summed E-state index contributed by atoms with van der Waals surface area (Å²) in [6.45, 7) is 0.282. The average molecular weight is 558 g/mol. The normalized spacial score (nSPS) is 15.3. The van der Waals surface area contributed by atoms with Crippen molar-refractivity contribution in [2.75, 3.05) is 0 Å². The van der Waals surface area contributed by atoms with Crippen molar-refractivity contribution in [1.82, 2.24) is 19.5 Å². The molecule has 0 amide bonds. The second-order valence-corrected chi connectivity index (χ2v) is 10.5. The number of pyridine rings is 1. The smallest absolute Gasteiger partial charge is 0.214 e. The summed E-state index contributed by atoms with van der Waals surface area (Å²) in [5.41, 5.74) is 5.93. The Bertz CT molecular complexity index is 1590. The summed E-state index contributed by atoms with van der Waals surface area (Å²) in [4.78, 5) is 12.3. The van der Waals surface area contributed by atoms with Crippen molar-refractivity contribution in [2.45, 2.75) is 31.9 Å². The highest BCUT2D eigenvalue weighted by atomic mass is 35.5. The molecule has 0 spiro atoms. The first-order valence-electron chi connectivity index (χ1n) is 11.5. The van der Waals surface area contributed by atoms with Crippen LogP contribution < -0.4 is 4.74 Å². The van der Waals surface area contributed by atoms with E-state index in [4.69, 9.17) is 51.1 Å². The topological polar surface area (TPSA) is 55.7 Å². The van der Waals surface area contributed by atoms with Crippen LogP contribution in [0, 0.1) is 0 Å². The van der Waals surface area contributed by atoms with Crippen LogP contribution in [0.4, 0.5) is 0 Å². The van der Waals surface area contributed by atoms with Gasteiger partial charge in [-0.1, -0.05) is 52.5 Å². The van der Waals surface area contributed by atoms with Crippen LogP contribution in [-0.4, -0.2) is 19.5 Å². The zero-order valence-electron chi connectivity index (χ0n) is 18.9. The van der Waals surface area contributed by atoms with Crippen LogP contribution in [0.2, 0.25) is 20.1 Å². The lowest BCUT2D eigenvalue weighted by Crippen LogP contribution is -2.18. The van der Waals surface area contributed by atoms with E-state index in [1.165, 1.54) is 0 Å². The number of hydrogen-bond donors (Lipinski definition) is 1. The summed E-state index contributed by atoms with van der Waals surface area (Å²) in [5.74, 6) is 0.498. The van der Waals surface area contributed by atoms with E-state index in [0.29, 0.717) is 15.9 Å². The Morgan fingerprint density at radius 3 is 2.72 bits per heavy atom. The third-order valence-corrected chi connectivity index (χ3v) is 7.96. The summed E-state index contributed by atoms with van der Waals surface area (Å²) < 4.78 is 8.17. The lowest BCUT2D eigenvalue weighted by molar-refractivity contribution is 0.294. The average Bonchev–Trinajstić information content (AvgIpc) is 3.52. The van der Waals surface area contributed by atoms with Crippen molar-refractivity contribution in [3.8, 4) is 17.1 Å². The first kappa shape index (κ1) is 23.7. The number of aromatic nitrogens is 4. The summed E-state index contributed by atoms with van der Waals surface area (Å²) in [7, 11) is 0. The molecule has 0 radical (unpaired) electrons. The molecule has 1 atom stereocenters. The highest BCUT2D eigenvalue weighted by Gasteiger charge is 2.28. The van der Waals surface area contributed by atoms with Gasteiger partial charge in [-0.3, -0.25) is 0 Å². The minimum absolute atomic E-state index is 0.0482. The van der Waals surface area contributed by atoms with E-state index in [1.807, 2.05) is 43.0 Å². The van der Waals surface area contributed by atoms with E-state index in [-0.39, 0.29) is 12.6 Å². The van der Waals surface area contributed by atoms with Gasteiger partial charge in [0.1, 0.15) is 6.61 Å². The summed E-state index contributed by atoms with van der Waals surface area (Å²) in [6, 6.07) is 11.1. The number of imidazole rings is 1. The van der Waals surface area contributed by atoms with E-state index >= 15 is 0 Å². The van der Waals surface area contributed by atoms with E-state index < -0.39 is 0 Å². The molecule has 2 aromatic carbocycles. The molecule has 0 saturated carbocycles. The molecular formula is C27H20Cl4N4O. The minimum Gasteiger partial charge on any atom is -0.473 e. The first-order chi connectivity index (χ1) is 17.5. The van der Waals surface area contributed by atoms with Crippen molar-refractivity contribution in [3.05, 3.63) is 98.1 Å². The minimum atomic E-state index is 0.0482. The third kappa shape index (κ3) is 4.24. The number of nitrogens with zero attached hydrogens (tertiary/aromatic N) is 3.